The molecule has 0 atom stereocenters. The summed E-state index contributed by atoms with van der Waals surface area (Å²) in [4.78, 5) is 16.3. The Bertz CT molecular complexity index is 656. The number of anilines is 1. The van der Waals surface area contributed by atoms with Gasteiger partial charge in [-0.1, -0.05) is 6.07 Å². The van der Waals surface area contributed by atoms with E-state index >= 15 is 0 Å². The lowest BCUT2D eigenvalue weighted by molar-refractivity contribution is 0.102. The monoisotopic (exact) mass is 334 g/mol. The highest BCUT2D eigenvalue weighted by Gasteiger charge is 2.09. The van der Waals surface area contributed by atoms with Gasteiger partial charge >= 0.3 is 0 Å². The molecule has 0 spiro atoms. The first-order valence-corrected chi connectivity index (χ1v) is 6.88. The lowest BCUT2D eigenvalue weighted by Crippen LogP contribution is -2.12. The molecule has 1 heterocycles. The Morgan fingerprint density at radius 2 is 2.00 bits per heavy atom. The number of rotatable bonds is 3. The molecule has 0 aliphatic heterocycles. The highest BCUT2D eigenvalue weighted by Crippen LogP contribution is 2.21. The maximum atomic E-state index is 12.2. The van der Waals surface area contributed by atoms with Crippen LogP contribution >= 0.6 is 15.9 Å². The van der Waals surface area contributed by atoms with Crippen molar-refractivity contribution in [1.29, 1.82) is 0 Å². The zero-order valence-corrected chi connectivity index (χ0v) is 13.1. The van der Waals surface area contributed by atoms with Crippen LogP contribution in [-0.4, -0.2) is 18.0 Å². The number of pyridine rings is 1. The molecule has 0 aliphatic carbocycles. The van der Waals surface area contributed by atoms with Gasteiger partial charge in [0.25, 0.3) is 5.91 Å². The Balaban J connectivity index is 2.21. The van der Waals surface area contributed by atoms with Crippen molar-refractivity contribution in [2.24, 2.45) is 0 Å². The molecule has 0 bridgehead atoms. The van der Waals surface area contributed by atoms with Gasteiger partial charge in [-0.2, -0.15) is 0 Å². The fraction of sp³-hybridized carbons (Fsp3) is 0.200. The van der Waals surface area contributed by atoms with Crippen LogP contribution in [0.2, 0.25) is 0 Å². The first-order chi connectivity index (χ1) is 9.51. The number of carbonyl (C=O) groups excluding carboxylic acids is 1. The van der Waals surface area contributed by atoms with E-state index in [0.717, 1.165) is 15.7 Å². The second kappa shape index (κ2) is 6.05. The van der Waals surface area contributed by atoms with Crippen molar-refractivity contribution in [2.45, 2.75) is 13.8 Å². The fourth-order valence-electron chi connectivity index (χ4n) is 1.79. The molecule has 0 fully saturated rings. The third-order valence-corrected chi connectivity index (χ3v) is 3.77. The lowest BCUT2D eigenvalue weighted by Gasteiger charge is -2.09. The van der Waals surface area contributed by atoms with Gasteiger partial charge in [0.1, 0.15) is 10.4 Å². The van der Waals surface area contributed by atoms with Crippen LogP contribution in [0.4, 0.5) is 5.69 Å². The summed E-state index contributed by atoms with van der Waals surface area (Å²) in [6.45, 7) is 3.85. The molecule has 0 saturated heterocycles. The highest BCUT2D eigenvalue weighted by molar-refractivity contribution is 9.10. The third kappa shape index (κ3) is 3.17. The van der Waals surface area contributed by atoms with Gasteiger partial charge in [-0.05, 0) is 59.1 Å². The van der Waals surface area contributed by atoms with Gasteiger partial charge in [0.15, 0.2) is 0 Å². The van der Waals surface area contributed by atoms with Crippen LogP contribution in [0.3, 0.4) is 0 Å². The smallest absolute Gasteiger partial charge is 0.255 e. The number of hydrogen-bond acceptors (Lipinski definition) is 3. The predicted octanol–water partition coefficient (Wildman–Crippen LogP) is 3.72. The Morgan fingerprint density at radius 3 is 2.65 bits per heavy atom. The molecule has 1 amide bonds. The Hall–Kier alpha value is -1.88. The molecule has 0 aliphatic rings. The molecule has 20 heavy (non-hydrogen) atoms. The molecular weight excluding hydrogens is 320 g/mol. The summed E-state index contributed by atoms with van der Waals surface area (Å²) in [5.74, 6) is 0.509. The minimum Gasteiger partial charge on any atom is -0.496 e. The van der Waals surface area contributed by atoms with Gasteiger partial charge in [0.2, 0.25) is 0 Å². The van der Waals surface area contributed by atoms with Crippen LogP contribution in [0, 0.1) is 13.8 Å². The van der Waals surface area contributed by atoms with E-state index in [-0.39, 0.29) is 5.91 Å². The number of nitrogens with zero attached hydrogens (tertiary/aromatic N) is 1. The van der Waals surface area contributed by atoms with E-state index in [1.807, 2.05) is 26.0 Å². The molecule has 4 nitrogen and oxygen atoms in total. The molecule has 1 aromatic carbocycles. The first-order valence-electron chi connectivity index (χ1n) is 6.09. The molecule has 0 saturated carbocycles. The number of carbonyl (C=O) groups is 1. The minimum absolute atomic E-state index is 0.188. The maximum Gasteiger partial charge on any atom is 0.255 e. The van der Waals surface area contributed by atoms with Crippen LogP contribution in [0.1, 0.15) is 21.5 Å². The third-order valence-electron chi connectivity index (χ3n) is 2.94. The number of halogens is 1. The quantitative estimate of drug-likeness (QED) is 0.870. The zero-order chi connectivity index (χ0) is 14.7. The van der Waals surface area contributed by atoms with E-state index < -0.39 is 0 Å². The SMILES string of the molecule is COc1cc(C(=O)Nc2cnc(Br)c(C)c2)ccc1C. The number of ether oxygens (including phenoxy) is 1. The number of amides is 1. The van der Waals surface area contributed by atoms with Gasteiger partial charge in [-0.3, -0.25) is 4.79 Å². The predicted molar refractivity (Wildman–Crippen MR) is 82.4 cm³/mol. The Kier molecular flexibility index (Phi) is 4.39. The summed E-state index contributed by atoms with van der Waals surface area (Å²) < 4.78 is 5.99. The lowest BCUT2D eigenvalue weighted by atomic mass is 10.1. The molecule has 2 aromatic rings. The average Bonchev–Trinajstić information content (AvgIpc) is 2.43. The van der Waals surface area contributed by atoms with Crippen LogP contribution in [0.15, 0.2) is 35.1 Å². The molecule has 0 unspecified atom stereocenters. The summed E-state index contributed by atoms with van der Waals surface area (Å²) in [6, 6.07) is 7.22. The normalized spacial score (nSPS) is 10.2. The number of nitrogens with one attached hydrogen (secondary N) is 1. The van der Waals surface area contributed by atoms with Crippen molar-refractivity contribution in [3.05, 3.63) is 51.8 Å². The second-order valence-electron chi connectivity index (χ2n) is 4.47. The molecule has 5 heteroatoms. The Labute approximate surface area is 126 Å². The van der Waals surface area contributed by atoms with Gasteiger partial charge in [-0.15, -0.1) is 0 Å². The average molecular weight is 335 g/mol. The van der Waals surface area contributed by atoms with Crippen molar-refractivity contribution in [3.63, 3.8) is 0 Å². The van der Waals surface area contributed by atoms with Crippen molar-refractivity contribution in [1.82, 2.24) is 4.98 Å². The van der Waals surface area contributed by atoms with Crippen LogP contribution < -0.4 is 10.1 Å². The van der Waals surface area contributed by atoms with E-state index in [0.29, 0.717) is 17.0 Å². The van der Waals surface area contributed by atoms with Gasteiger partial charge < -0.3 is 10.1 Å². The largest absolute Gasteiger partial charge is 0.496 e. The van der Waals surface area contributed by atoms with E-state index in [1.54, 1.807) is 25.4 Å². The van der Waals surface area contributed by atoms with Crippen LogP contribution in [0.25, 0.3) is 0 Å². The van der Waals surface area contributed by atoms with Crippen LogP contribution in [0.5, 0.6) is 5.75 Å². The summed E-state index contributed by atoms with van der Waals surface area (Å²) in [7, 11) is 1.59. The van der Waals surface area contributed by atoms with E-state index in [4.69, 9.17) is 4.74 Å². The minimum atomic E-state index is -0.188. The molecule has 0 radical (unpaired) electrons. The van der Waals surface area contributed by atoms with Gasteiger partial charge in [0.05, 0.1) is 19.0 Å². The number of benzene rings is 1. The van der Waals surface area contributed by atoms with E-state index in [9.17, 15) is 4.79 Å². The standard InChI is InChI=1S/C15H15BrN2O2/c1-9-4-5-11(7-13(9)20-3)15(19)18-12-6-10(2)14(16)17-8-12/h4-8H,1-3H3,(H,18,19). The molecular formula is C15H15BrN2O2. The van der Waals surface area contributed by atoms with Crippen molar-refractivity contribution in [3.8, 4) is 5.75 Å². The second-order valence-corrected chi connectivity index (χ2v) is 5.22. The molecule has 1 N–H and O–H groups in total. The summed E-state index contributed by atoms with van der Waals surface area (Å²) in [5, 5.41) is 2.82. The summed E-state index contributed by atoms with van der Waals surface area (Å²) in [5.41, 5.74) is 3.16. The number of hydrogen-bond donors (Lipinski definition) is 1. The maximum absolute atomic E-state index is 12.2. The number of methoxy groups -OCH3 is 1. The van der Waals surface area contributed by atoms with E-state index in [2.05, 4.69) is 26.2 Å². The number of aryl methyl sites for hydroxylation is 2. The number of aromatic nitrogens is 1. The van der Waals surface area contributed by atoms with Crippen molar-refractivity contribution >= 4 is 27.5 Å². The zero-order valence-electron chi connectivity index (χ0n) is 11.5. The summed E-state index contributed by atoms with van der Waals surface area (Å²) >= 11 is 3.33. The van der Waals surface area contributed by atoms with Crippen LogP contribution in [-0.2, 0) is 0 Å². The molecule has 2 rings (SSSR count). The van der Waals surface area contributed by atoms with Crippen molar-refractivity contribution in [2.75, 3.05) is 12.4 Å². The Morgan fingerprint density at radius 1 is 1.25 bits per heavy atom. The van der Waals surface area contributed by atoms with Gasteiger partial charge in [0, 0.05) is 5.56 Å². The van der Waals surface area contributed by atoms with E-state index in [1.165, 1.54) is 0 Å². The highest BCUT2D eigenvalue weighted by atomic mass is 79.9. The topological polar surface area (TPSA) is 51.2 Å². The van der Waals surface area contributed by atoms with Crippen molar-refractivity contribution < 1.29 is 9.53 Å². The molecule has 104 valence electrons. The molecule has 1 aromatic heterocycles. The van der Waals surface area contributed by atoms with Gasteiger partial charge in [-0.25, -0.2) is 4.98 Å². The first kappa shape index (κ1) is 14.5. The fourth-order valence-corrected chi connectivity index (χ4v) is 2.01. The summed E-state index contributed by atoms with van der Waals surface area (Å²) in [6.07, 6.45) is 1.61.